The summed E-state index contributed by atoms with van der Waals surface area (Å²) in [6, 6.07) is 3.00. The Labute approximate surface area is 148 Å². The smallest absolute Gasteiger partial charge is 0.345 e. The average molecular weight is 398 g/mol. The van der Waals surface area contributed by atoms with Gasteiger partial charge in [0.2, 0.25) is 5.28 Å². The van der Waals surface area contributed by atoms with Crippen LogP contribution in [-0.4, -0.2) is 15.9 Å². The quantitative estimate of drug-likeness (QED) is 0.605. The van der Waals surface area contributed by atoms with Crippen LogP contribution in [0.25, 0.3) is 0 Å². The lowest BCUT2D eigenvalue weighted by atomic mass is 10.1. The van der Waals surface area contributed by atoms with Gasteiger partial charge < -0.3 is 5.32 Å². The number of carbonyl (C=O) groups is 1. The molecule has 1 N–H and O–H groups in total. The van der Waals surface area contributed by atoms with Crippen molar-refractivity contribution in [1.29, 1.82) is 0 Å². The van der Waals surface area contributed by atoms with Crippen molar-refractivity contribution in [3.05, 3.63) is 58.1 Å². The number of amides is 1. The maximum atomic E-state index is 13.0. The Morgan fingerprint density at radius 3 is 2.15 bits per heavy atom. The van der Waals surface area contributed by atoms with Gasteiger partial charge in [0.25, 0.3) is 5.91 Å². The topological polar surface area (TPSA) is 54.9 Å². The van der Waals surface area contributed by atoms with E-state index in [2.05, 4.69) is 15.3 Å². The molecule has 4 nitrogen and oxygen atoms in total. The highest BCUT2D eigenvalue weighted by molar-refractivity contribution is 6.28. The third kappa shape index (κ3) is 4.63. The first-order valence-electron chi connectivity index (χ1n) is 6.97. The molecule has 0 saturated carbocycles. The Morgan fingerprint density at radius 2 is 1.65 bits per heavy atom. The molecule has 2 rings (SSSR count). The van der Waals surface area contributed by atoms with Crippen LogP contribution in [0.2, 0.25) is 5.28 Å². The summed E-state index contributed by atoms with van der Waals surface area (Å²) in [5.41, 5.74) is -2.96. The minimum atomic E-state index is -4.93. The molecular weight excluding hydrogens is 388 g/mol. The summed E-state index contributed by atoms with van der Waals surface area (Å²) >= 11 is 5.33. The van der Waals surface area contributed by atoms with Gasteiger partial charge in [-0.25, -0.2) is 9.97 Å². The summed E-state index contributed by atoms with van der Waals surface area (Å²) in [5.74, 6) is -1.14. The van der Waals surface area contributed by atoms with Gasteiger partial charge in [-0.3, -0.25) is 4.79 Å². The molecule has 0 aliphatic rings. The highest BCUT2D eigenvalue weighted by atomic mass is 35.5. The first-order chi connectivity index (χ1) is 11.9. The molecule has 1 amide bonds. The third-order valence-corrected chi connectivity index (χ3v) is 3.54. The predicted molar refractivity (Wildman–Crippen MR) is 79.4 cm³/mol. The second-order valence-electron chi connectivity index (χ2n) is 5.21. The Balaban J connectivity index is 2.22. The van der Waals surface area contributed by atoms with E-state index in [1.807, 2.05) is 0 Å². The fraction of sp³-hybridized carbons (Fsp3) is 0.267. The number of nitrogens with one attached hydrogen (secondary N) is 1. The molecule has 0 spiro atoms. The summed E-state index contributed by atoms with van der Waals surface area (Å²) in [7, 11) is 0. The second-order valence-corrected chi connectivity index (χ2v) is 5.55. The van der Waals surface area contributed by atoms with E-state index in [-0.39, 0.29) is 5.56 Å². The third-order valence-electron chi connectivity index (χ3n) is 3.36. The molecule has 0 aliphatic heterocycles. The van der Waals surface area contributed by atoms with Gasteiger partial charge in [0.1, 0.15) is 0 Å². The molecule has 0 fully saturated rings. The minimum absolute atomic E-state index is 0.273. The molecule has 0 saturated heterocycles. The first-order valence-corrected chi connectivity index (χ1v) is 7.35. The zero-order valence-corrected chi connectivity index (χ0v) is 13.7. The average Bonchev–Trinajstić information content (AvgIpc) is 2.53. The Kier molecular flexibility index (Phi) is 5.45. The standard InChI is InChI=1S/C15H10ClF6N3O/c1-7(8-2-4-9(5-3-8)14(17,18)19)24-12(26)10-6-23-13(16)25-11(10)15(20,21)22/h2-7H,1H3,(H,24,26). The fourth-order valence-electron chi connectivity index (χ4n) is 2.06. The summed E-state index contributed by atoms with van der Waals surface area (Å²) in [4.78, 5) is 18.5. The predicted octanol–water partition coefficient (Wildman–Crippen LogP) is 4.66. The molecule has 1 unspecified atom stereocenters. The van der Waals surface area contributed by atoms with Gasteiger partial charge in [-0.2, -0.15) is 26.3 Å². The Hall–Kier alpha value is -2.36. The molecule has 1 atom stereocenters. The van der Waals surface area contributed by atoms with Crippen LogP contribution < -0.4 is 5.32 Å². The summed E-state index contributed by atoms with van der Waals surface area (Å²) in [6.45, 7) is 1.41. The highest BCUT2D eigenvalue weighted by Gasteiger charge is 2.38. The zero-order valence-electron chi connectivity index (χ0n) is 12.9. The van der Waals surface area contributed by atoms with Crippen LogP contribution in [0.1, 0.15) is 40.1 Å². The minimum Gasteiger partial charge on any atom is -0.345 e. The van der Waals surface area contributed by atoms with Crippen molar-refractivity contribution in [3.63, 3.8) is 0 Å². The normalized spacial score (nSPS) is 13.4. The van der Waals surface area contributed by atoms with Crippen molar-refractivity contribution in [2.45, 2.75) is 25.3 Å². The lowest BCUT2D eigenvalue weighted by Gasteiger charge is -2.17. The Morgan fingerprint density at radius 1 is 1.08 bits per heavy atom. The van der Waals surface area contributed by atoms with E-state index in [1.165, 1.54) is 6.92 Å². The molecule has 1 aromatic heterocycles. The fourth-order valence-corrected chi connectivity index (χ4v) is 2.19. The molecular formula is C15H10ClF6N3O. The molecule has 140 valence electrons. The van der Waals surface area contributed by atoms with Gasteiger partial charge in [0.15, 0.2) is 5.69 Å². The number of nitrogens with zero attached hydrogens (tertiary/aromatic N) is 2. The van der Waals surface area contributed by atoms with Crippen molar-refractivity contribution >= 4 is 17.5 Å². The number of hydrogen-bond donors (Lipinski definition) is 1. The lowest BCUT2D eigenvalue weighted by molar-refractivity contribution is -0.141. The van der Waals surface area contributed by atoms with Gasteiger partial charge in [0.05, 0.1) is 17.2 Å². The van der Waals surface area contributed by atoms with E-state index < -0.39 is 46.4 Å². The molecule has 0 aliphatic carbocycles. The highest BCUT2D eigenvalue weighted by Crippen LogP contribution is 2.32. The maximum Gasteiger partial charge on any atom is 0.434 e. The van der Waals surface area contributed by atoms with Crippen LogP contribution >= 0.6 is 11.6 Å². The van der Waals surface area contributed by atoms with E-state index in [9.17, 15) is 31.1 Å². The van der Waals surface area contributed by atoms with Crippen molar-refractivity contribution in [3.8, 4) is 0 Å². The van der Waals surface area contributed by atoms with Gasteiger partial charge in [-0.1, -0.05) is 12.1 Å². The van der Waals surface area contributed by atoms with Gasteiger partial charge in [0, 0.05) is 6.20 Å². The Bertz CT molecular complexity index is 805. The van der Waals surface area contributed by atoms with Crippen LogP contribution in [0.3, 0.4) is 0 Å². The van der Waals surface area contributed by atoms with Crippen molar-refractivity contribution in [1.82, 2.24) is 15.3 Å². The van der Waals surface area contributed by atoms with Crippen LogP contribution in [0.4, 0.5) is 26.3 Å². The van der Waals surface area contributed by atoms with Crippen molar-refractivity contribution in [2.75, 3.05) is 0 Å². The van der Waals surface area contributed by atoms with E-state index in [0.29, 0.717) is 6.20 Å². The van der Waals surface area contributed by atoms with E-state index in [0.717, 1.165) is 24.3 Å². The van der Waals surface area contributed by atoms with Gasteiger partial charge in [-0.15, -0.1) is 0 Å². The monoisotopic (exact) mass is 397 g/mol. The maximum absolute atomic E-state index is 13.0. The van der Waals surface area contributed by atoms with Crippen LogP contribution in [0.15, 0.2) is 30.5 Å². The summed E-state index contributed by atoms with van der Waals surface area (Å²) in [6.07, 6.45) is -8.82. The van der Waals surface area contributed by atoms with Crippen molar-refractivity contribution < 1.29 is 31.1 Å². The number of benzene rings is 1. The molecule has 0 radical (unpaired) electrons. The van der Waals surface area contributed by atoms with Crippen LogP contribution in [0.5, 0.6) is 0 Å². The molecule has 0 bridgehead atoms. The van der Waals surface area contributed by atoms with Crippen LogP contribution in [-0.2, 0) is 12.4 Å². The molecule has 26 heavy (non-hydrogen) atoms. The number of hydrogen-bond acceptors (Lipinski definition) is 3. The summed E-state index contributed by atoms with van der Waals surface area (Å²) in [5, 5.41) is 1.58. The van der Waals surface area contributed by atoms with E-state index in [4.69, 9.17) is 11.6 Å². The first kappa shape index (κ1) is 20.0. The number of rotatable bonds is 3. The molecule has 1 heterocycles. The zero-order chi connectivity index (χ0) is 19.7. The number of halogens is 7. The van der Waals surface area contributed by atoms with Crippen LogP contribution in [0, 0.1) is 0 Å². The van der Waals surface area contributed by atoms with E-state index >= 15 is 0 Å². The second kappa shape index (κ2) is 7.10. The molecule has 2 aromatic rings. The largest absolute Gasteiger partial charge is 0.434 e. The van der Waals surface area contributed by atoms with Gasteiger partial charge >= 0.3 is 12.4 Å². The van der Waals surface area contributed by atoms with E-state index in [1.54, 1.807) is 0 Å². The number of aromatic nitrogens is 2. The van der Waals surface area contributed by atoms with Gasteiger partial charge in [-0.05, 0) is 36.2 Å². The number of alkyl halides is 6. The van der Waals surface area contributed by atoms with Crippen molar-refractivity contribution in [2.24, 2.45) is 0 Å². The lowest BCUT2D eigenvalue weighted by Crippen LogP contribution is -2.29. The SMILES string of the molecule is CC(NC(=O)c1cnc(Cl)nc1C(F)(F)F)c1ccc(C(F)(F)F)cc1. The molecule has 11 heteroatoms. The molecule has 1 aromatic carbocycles. The summed E-state index contributed by atoms with van der Waals surface area (Å²) < 4.78 is 76.5. The number of carbonyl (C=O) groups excluding carboxylic acids is 1.